The Morgan fingerprint density at radius 1 is 1.19 bits per heavy atom. The fraction of sp³-hybridized carbons (Fsp3) is 0.263. The van der Waals surface area contributed by atoms with E-state index in [0.717, 1.165) is 17.2 Å². The number of hydrogen-bond acceptors (Lipinski definition) is 4. The van der Waals surface area contributed by atoms with Crippen molar-refractivity contribution in [1.29, 1.82) is 0 Å². The van der Waals surface area contributed by atoms with Crippen LogP contribution in [0.5, 0.6) is 0 Å². The number of benzene rings is 2. The van der Waals surface area contributed by atoms with E-state index in [4.69, 9.17) is 9.68 Å². The van der Waals surface area contributed by atoms with Crippen molar-refractivity contribution in [2.75, 3.05) is 13.2 Å². The summed E-state index contributed by atoms with van der Waals surface area (Å²) < 4.78 is 29.8. The van der Waals surface area contributed by atoms with Gasteiger partial charge in [-0.15, -0.1) is 0 Å². The van der Waals surface area contributed by atoms with Crippen molar-refractivity contribution in [3.8, 4) is 0 Å². The maximum atomic E-state index is 14.1. The fourth-order valence-electron chi connectivity index (χ4n) is 2.61. The molecule has 0 aliphatic rings. The van der Waals surface area contributed by atoms with Crippen molar-refractivity contribution in [3.63, 3.8) is 0 Å². The van der Waals surface area contributed by atoms with Gasteiger partial charge in [0, 0.05) is 6.42 Å². The summed E-state index contributed by atoms with van der Waals surface area (Å²) in [6, 6.07) is 10.2. The van der Waals surface area contributed by atoms with Crippen LogP contribution in [0.4, 0.5) is 8.78 Å². The molecule has 0 bridgehead atoms. The van der Waals surface area contributed by atoms with E-state index in [1.165, 1.54) is 12.1 Å². The van der Waals surface area contributed by atoms with Crippen molar-refractivity contribution < 1.29 is 18.5 Å². The molecule has 0 saturated carbocycles. The molecule has 0 aliphatic carbocycles. The Balaban J connectivity index is 1.69. The largest absolute Gasteiger partial charge is 0.412 e. The number of hydrogen-bond donors (Lipinski definition) is 0. The third-order valence-electron chi connectivity index (χ3n) is 3.81. The summed E-state index contributed by atoms with van der Waals surface area (Å²) in [4.78, 5) is 14.9. The lowest BCUT2D eigenvalue weighted by Crippen LogP contribution is -2.16. The van der Waals surface area contributed by atoms with Crippen molar-refractivity contribution >= 4 is 17.2 Å². The summed E-state index contributed by atoms with van der Waals surface area (Å²) in [5.41, 5.74) is 1.96. The molecule has 136 valence electrons. The molecule has 26 heavy (non-hydrogen) atoms. The topological polar surface area (TPSA) is 48.6 Å². The zero-order valence-electron chi connectivity index (χ0n) is 14.6. The van der Waals surface area contributed by atoms with Gasteiger partial charge in [0.1, 0.15) is 36.2 Å². The quantitative estimate of drug-likeness (QED) is 0.478. The Bertz CT molecular complexity index is 915. The van der Waals surface area contributed by atoms with Crippen LogP contribution in [0, 0.1) is 18.6 Å². The summed E-state index contributed by atoms with van der Waals surface area (Å²) >= 11 is 0. The van der Waals surface area contributed by atoms with Crippen molar-refractivity contribution in [1.82, 2.24) is 9.71 Å². The van der Waals surface area contributed by atoms with Gasteiger partial charge >= 0.3 is 0 Å². The Labute approximate surface area is 149 Å². The number of oxime groups is 1. The van der Waals surface area contributed by atoms with Gasteiger partial charge in [0.05, 0.1) is 17.3 Å². The van der Waals surface area contributed by atoms with Crippen LogP contribution in [0.2, 0.25) is 0 Å². The summed E-state index contributed by atoms with van der Waals surface area (Å²) in [5.74, 6) is -0.661. The van der Waals surface area contributed by atoms with E-state index in [-0.39, 0.29) is 12.2 Å². The van der Waals surface area contributed by atoms with Crippen LogP contribution in [-0.2, 0) is 11.3 Å². The SMILES string of the molecule is CCO/N=C/c1c(F)cc(CCOn2c(C)nc3ccccc32)cc1F. The Morgan fingerprint density at radius 3 is 2.65 bits per heavy atom. The maximum Gasteiger partial charge on any atom is 0.143 e. The van der Waals surface area contributed by atoms with Gasteiger partial charge in [0.25, 0.3) is 0 Å². The summed E-state index contributed by atoms with van der Waals surface area (Å²) in [6.07, 6.45) is 1.39. The van der Waals surface area contributed by atoms with Crippen LogP contribution in [0.1, 0.15) is 23.9 Å². The lowest BCUT2D eigenvalue weighted by molar-refractivity contribution is 0.116. The zero-order chi connectivity index (χ0) is 18.5. The summed E-state index contributed by atoms with van der Waals surface area (Å²) in [5, 5.41) is 3.51. The molecule has 0 atom stereocenters. The highest BCUT2D eigenvalue weighted by Gasteiger charge is 2.11. The molecule has 3 aromatic rings. The predicted molar refractivity (Wildman–Crippen MR) is 95.2 cm³/mol. The molecule has 0 radical (unpaired) electrons. The van der Waals surface area contributed by atoms with E-state index >= 15 is 0 Å². The Morgan fingerprint density at radius 2 is 1.92 bits per heavy atom. The minimum atomic E-state index is -0.687. The molecule has 0 N–H and O–H groups in total. The molecule has 3 rings (SSSR count). The summed E-state index contributed by atoms with van der Waals surface area (Å²) in [7, 11) is 0. The molecule has 0 amide bonds. The van der Waals surface area contributed by atoms with Crippen molar-refractivity contribution in [2.24, 2.45) is 5.16 Å². The first-order chi connectivity index (χ1) is 12.6. The lowest BCUT2D eigenvalue weighted by atomic mass is 10.1. The number of para-hydroxylation sites is 2. The van der Waals surface area contributed by atoms with Crippen LogP contribution in [0.25, 0.3) is 11.0 Å². The molecule has 1 heterocycles. The minimum Gasteiger partial charge on any atom is -0.412 e. The third-order valence-corrected chi connectivity index (χ3v) is 3.81. The van der Waals surface area contributed by atoms with E-state index in [9.17, 15) is 8.78 Å². The van der Waals surface area contributed by atoms with Crippen LogP contribution in [0.15, 0.2) is 41.6 Å². The number of aryl methyl sites for hydroxylation is 1. The highest BCUT2D eigenvalue weighted by Crippen LogP contribution is 2.16. The van der Waals surface area contributed by atoms with E-state index < -0.39 is 11.6 Å². The number of nitrogens with zero attached hydrogens (tertiary/aromatic N) is 3. The lowest BCUT2D eigenvalue weighted by Gasteiger charge is -2.10. The van der Waals surface area contributed by atoms with Gasteiger partial charge in [-0.2, -0.15) is 4.73 Å². The average molecular weight is 359 g/mol. The number of aromatic nitrogens is 2. The molecule has 1 aromatic heterocycles. The molecular weight excluding hydrogens is 340 g/mol. The third kappa shape index (κ3) is 3.82. The first-order valence-electron chi connectivity index (χ1n) is 8.30. The van der Waals surface area contributed by atoms with E-state index in [1.54, 1.807) is 11.7 Å². The van der Waals surface area contributed by atoms with Gasteiger partial charge in [-0.25, -0.2) is 13.8 Å². The van der Waals surface area contributed by atoms with Crippen LogP contribution in [-0.4, -0.2) is 29.1 Å². The van der Waals surface area contributed by atoms with Crippen molar-refractivity contribution in [3.05, 3.63) is 65.0 Å². The monoisotopic (exact) mass is 359 g/mol. The van der Waals surface area contributed by atoms with Crippen LogP contribution in [0.3, 0.4) is 0 Å². The predicted octanol–water partition coefficient (Wildman–Crippen LogP) is 3.66. The molecule has 0 aliphatic heterocycles. The van der Waals surface area contributed by atoms with Crippen LogP contribution < -0.4 is 4.84 Å². The van der Waals surface area contributed by atoms with E-state index in [1.807, 2.05) is 31.2 Å². The normalized spacial score (nSPS) is 11.4. The fourth-order valence-corrected chi connectivity index (χ4v) is 2.61. The number of halogens is 2. The zero-order valence-corrected chi connectivity index (χ0v) is 14.6. The molecule has 2 aromatic carbocycles. The number of imidazole rings is 1. The summed E-state index contributed by atoms with van der Waals surface area (Å²) in [6.45, 7) is 4.16. The van der Waals surface area contributed by atoms with Gasteiger partial charge in [-0.05, 0) is 43.7 Å². The molecule has 0 saturated heterocycles. The van der Waals surface area contributed by atoms with E-state index in [2.05, 4.69) is 10.1 Å². The Hall–Kier alpha value is -2.96. The number of fused-ring (bicyclic) bond motifs is 1. The second kappa shape index (κ2) is 7.95. The minimum absolute atomic E-state index is 0.223. The Kier molecular flexibility index (Phi) is 5.46. The first-order valence-corrected chi connectivity index (χ1v) is 8.30. The molecule has 5 nitrogen and oxygen atoms in total. The van der Waals surface area contributed by atoms with Crippen molar-refractivity contribution in [2.45, 2.75) is 20.3 Å². The first kappa shape index (κ1) is 17.8. The number of rotatable bonds is 7. The highest BCUT2D eigenvalue weighted by molar-refractivity contribution is 5.80. The van der Waals surface area contributed by atoms with Gasteiger partial charge in [0.15, 0.2) is 0 Å². The van der Waals surface area contributed by atoms with Crippen LogP contribution >= 0.6 is 0 Å². The van der Waals surface area contributed by atoms with Gasteiger partial charge < -0.3 is 9.68 Å². The molecule has 0 fully saturated rings. The van der Waals surface area contributed by atoms with Gasteiger partial charge in [-0.1, -0.05) is 17.3 Å². The van der Waals surface area contributed by atoms with E-state index in [0.29, 0.717) is 24.4 Å². The standard InChI is InChI=1S/C19H19F2N3O2/c1-3-25-22-12-15-16(20)10-14(11-17(15)21)8-9-26-24-13(2)23-18-6-4-5-7-19(18)24/h4-7,10-12H,3,8-9H2,1-2H3/b22-12+. The molecular formula is C19H19F2N3O2. The molecule has 0 spiro atoms. The maximum absolute atomic E-state index is 14.1. The van der Waals surface area contributed by atoms with Gasteiger partial charge in [-0.3, -0.25) is 0 Å². The molecule has 7 heteroatoms. The average Bonchev–Trinajstić information content (AvgIpc) is 2.93. The molecule has 0 unspecified atom stereocenters. The second-order valence-corrected chi connectivity index (χ2v) is 5.65. The highest BCUT2D eigenvalue weighted by atomic mass is 19.1. The smallest absolute Gasteiger partial charge is 0.143 e. The van der Waals surface area contributed by atoms with Gasteiger partial charge in [0.2, 0.25) is 0 Å². The second-order valence-electron chi connectivity index (χ2n) is 5.65.